The molecule has 2 unspecified atom stereocenters. The van der Waals surface area contributed by atoms with E-state index in [1.54, 1.807) is 10.9 Å². The topological polar surface area (TPSA) is 81.2 Å². The fraction of sp³-hybridized carbons (Fsp3) is 0.778. The molecule has 7 heteroatoms. The van der Waals surface area contributed by atoms with Gasteiger partial charge in [-0.05, 0) is 7.05 Å². The first kappa shape index (κ1) is 11.5. The van der Waals surface area contributed by atoms with Crippen molar-refractivity contribution in [3.63, 3.8) is 0 Å². The van der Waals surface area contributed by atoms with Crippen LogP contribution in [0.5, 0.6) is 0 Å². The van der Waals surface area contributed by atoms with Crippen molar-refractivity contribution in [2.45, 2.75) is 12.1 Å². The molecule has 0 bridgehead atoms. The monoisotopic (exact) mass is 226 g/mol. The Morgan fingerprint density at radius 3 is 3.00 bits per heavy atom. The van der Waals surface area contributed by atoms with Crippen LogP contribution in [0.25, 0.3) is 0 Å². The minimum absolute atomic E-state index is 0.0287. The highest BCUT2D eigenvalue weighted by Crippen LogP contribution is 2.19. The molecular formula is C9H18N6O. The lowest BCUT2D eigenvalue weighted by molar-refractivity contribution is -0.0406. The molecule has 0 aromatic carbocycles. The van der Waals surface area contributed by atoms with Gasteiger partial charge in [0.1, 0.15) is 0 Å². The molecule has 0 spiro atoms. The first-order valence-corrected chi connectivity index (χ1v) is 5.33. The zero-order valence-corrected chi connectivity index (χ0v) is 9.63. The van der Waals surface area contributed by atoms with E-state index in [-0.39, 0.29) is 12.1 Å². The quantitative estimate of drug-likeness (QED) is 0.490. The normalized spacial score (nSPS) is 24.6. The largest absolute Gasteiger partial charge is 0.373 e. The lowest BCUT2D eigenvalue weighted by Crippen LogP contribution is -2.48. The molecule has 1 aromatic heterocycles. The van der Waals surface area contributed by atoms with E-state index in [4.69, 9.17) is 10.6 Å². The SMILES string of the molecule is CN1CCOC(C(NN)c2cnnn2C)C1. The number of rotatable bonds is 3. The number of nitrogens with two attached hydrogens (primary N) is 1. The van der Waals surface area contributed by atoms with Gasteiger partial charge in [-0.3, -0.25) is 10.5 Å². The highest BCUT2D eigenvalue weighted by molar-refractivity contribution is 5.05. The molecular weight excluding hydrogens is 208 g/mol. The lowest BCUT2D eigenvalue weighted by Gasteiger charge is -2.34. The van der Waals surface area contributed by atoms with Crippen LogP contribution >= 0.6 is 0 Å². The summed E-state index contributed by atoms with van der Waals surface area (Å²) in [5.74, 6) is 5.59. The second-order valence-corrected chi connectivity index (χ2v) is 4.10. The number of aromatic nitrogens is 3. The van der Waals surface area contributed by atoms with Crippen LogP contribution in [0.1, 0.15) is 11.7 Å². The number of likely N-dealkylation sites (N-methyl/N-ethyl adjacent to an activating group) is 1. The van der Waals surface area contributed by atoms with Gasteiger partial charge < -0.3 is 9.64 Å². The van der Waals surface area contributed by atoms with E-state index in [9.17, 15) is 0 Å². The Balaban J connectivity index is 2.13. The Labute approximate surface area is 94.5 Å². The standard InChI is InChI=1S/C9H18N6O/c1-14-3-4-16-8(6-14)9(12-10)7-5-11-13-15(7)2/h5,8-9,12H,3-4,6,10H2,1-2H3. The molecule has 2 rings (SSSR count). The highest BCUT2D eigenvalue weighted by atomic mass is 16.5. The van der Waals surface area contributed by atoms with E-state index >= 15 is 0 Å². The van der Waals surface area contributed by atoms with E-state index < -0.39 is 0 Å². The Hall–Kier alpha value is -1.02. The van der Waals surface area contributed by atoms with E-state index in [2.05, 4.69) is 27.7 Å². The maximum atomic E-state index is 5.73. The average Bonchev–Trinajstić information content (AvgIpc) is 2.67. The van der Waals surface area contributed by atoms with Crippen LogP contribution in [0.2, 0.25) is 0 Å². The van der Waals surface area contributed by atoms with Gasteiger partial charge in [0.15, 0.2) is 0 Å². The van der Waals surface area contributed by atoms with Crippen molar-refractivity contribution >= 4 is 0 Å². The van der Waals surface area contributed by atoms with Crippen LogP contribution in [-0.2, 0) is 11.8 Å². The fourth-order valence-electron chi connectivity index (χ4n) is 1.98. The minimum Gasteiger partial charge on any atom is -0.373 e. The zero-order chi connectivity index (χ0) is 11.5. The molecule has 0 saturated carbocycles. The molecule has 90 valence electrons. The summed E-state index contributed by atoms with van der Waals surface area (Å²) in [6.07, 6.45) is 1.74. The summed E-state index contributed by atoms with van der Waals surface area (Å²) in [7, 11) is 3.92. The maximum absolute atomic E-state index is 5.73. The van der Waals surface area contributed by atoms with Crippen molar-refractivity contribution in [1.82, 2.24) is 25.3 Å². The summed E-state index contributed by atoms with van der Waals surface area (Å²) in [6.45, 7) is 2.53. The molecule has 1 aliphatic rings. The molecule has 3 N–H and O–H groups in total. The van der Waals surface area contributed by atoms with E-state index in [0.29, 0.717) is 0 Å². The van der Waals surface area contributed by atoms with Crippen LogP contribution in [0.15, 0.2) is 6.20 Å². The van der Waals surface area contributed by atoms with Crippen molar-refractivity contribution in [2.75, 3.05) is 26.7 Å². The Morgan fingerprint density at radius 2 is 2.44 bits per heavy atom. The van der Waals surface area contributed by atoms with Gasteiger partial charge in [0.05, 0.1) is 30.6 Å². The molecule has 2 atom stereocenters. The van der Waals surface area contributed by atoms with Gasteiger partial charge in [-0.25, -0.2) is 5.43 Å². The highest BCUT2D eigenvalue weighted by Gasteiger charge is 2.29. The third-order valence-electron chi connectivity index (χ3n) is 2.92. The Kier molecular flexibility index (Phi) is 3.49. The predicted molar refractivity (Wildman–Crippen MR) is 58.3 cm³/mol. The van der Waals surface area contributed by atoms with Gasteiger partial charge >= 0.3 is 0 Å². The van der Waals surface area contributed by atoms with Gasteiger partial charge in [0.25, 0.3) is 0 Å². The molecule has 1 aliphatic heterocycles. The molecule has 1 aromatic rings. The smallest absolute Gasteiger partial charge is 0.0925 e. The predicted octanol–water partition coefficient (Wildman–Crippen LogP) is -1.35. The van der Waals surface area contributed by atoms with Crippen LogP contribution in [0.4, 0.5) is 0 Å². The minimum atomic E-state index is -0.0808. The summed E-state index contributed by atoms with van der Waals surface area (Å²) in [5.41, 5.74) is 3.72. The average molecular weight is 226 g/mol. The molecule has 0 amide bonds. The van der Waals surface area contributed by atoms with Crippen molar-refractivity contribution in [2.24, 2.45) is 12.9 Å². The molecule has 0 radical (unpaired) electrons. The third-order valence-corrected chi connectivity index (χ3v) is 2.92. The maximum Gasteiger partial charge on any atom is 0.0925 e. The Morgan fingerprint density at radius 1 is 1.62 bits per heavy atom. The zero-order valence-electron chi connectivity index (χ0n) is 9.63. The first-order chi connectivity index (χ1) is 7.72. The van der Waals surface area contributed by atoms with Crippen molar-refractivity contribution in [1.29, 1.82) is 0 Å². The van der Waals surface area contributed by atoms with Crippen molar-refractivity contribution in [3.8, 4) is 0 Å². The van der Waals surface area contributed by atoms with Crippen LogP contribution < -0.4 is 11.3 Å². The summed E-state index contributed by atoms with van der Waals surface area (Å²) in [4.78, 5) is 2.22. The van der Waals surface area contributed by atoms with Crippen LogP contribution in [-0.4, -0.2) is 52.7 Å². The number of hydrazine groups is 1. The number of morpholine rings is 1. The molecule has 7 nitrogen and oxygen atoms in total. The second-order valence-electron chi connectivity index (χ2n) is 4.10. The molecule has 16 heavy (non-hydrogen) atoms. The molecule has 2 heterocycles. The summed E-state index contributed by atoms with van der Waals surface area (Å²) >= 11 is 0. The van der Waals surface area contributed by atoms with Crippen molar-refractivity contribution < 1.29 is 4.74 Å². The van der Waals surface area contributed by atoms with Gasteiger partial charge in [0, 0.05) is 20.1 Å². The van der Waals surface area contributed by atoms with Crippen LogP contribution in [0.3, 0.4) is 0 Å². The van der Waals surface area contributed by atoms with Crippen molar-refractivity contribution in [3.05, 3.63) is 11.9 Å². The number of aryl methyl sites for hydroxylation is 1. The molecule has 0 aliphatic carbocycles. The number of nitrogens with zero attached hydrogens (tertiary/aromatic N) is 4. The van der Waals surface area contributed by atoms with E-state index in [0.717, 1.165) is 25.4 Å². The van der Waals surface area contributed by atoms with Gasteiger partial charge in [-0.1, -0.05) is 5.21 Å². The Bertz CT molecular complexity index is 340. The number of hydrogen-bond acceptors (Lipinski definition) is 6. The molecule has 1 fully saturated rings. The third kappa shape index (κ3) is 2.22. The fourth-order valence-corrected chi connectivity index (χ4v) is 1.98. The second kappa shape index (κ2) is 4.88. The number of hydrogen-bond donors (Lipinski definition) is 2. The van der Waals surface area contributed by atoms with Gasteiger partial charge in [-0.2, -0.15) is 0 Å². The summed E-state index contributed by atoms with van der Waals surface area (Å²) in [5, 5.41) is 7.75. The summed E-state index contributed by atoms with van der Waals surface area (Å²) in [6, 6.07) is -0.0808. The summed E-state index contributed by atoms with van der Waals surface area (Å²) < 4.78 is 7.44. The first-order valence-electron chi connectivity index (χ1n) is 5.33. The number of nitrogens with one attached hydrogen (secondary N) is 1. The molecule has 1 saturated heterocycles. The number of ether oxygens (including phenoxy) is 1. The van der Waals surface area contributed by atoms with E-state index in [1.807, 2.05) is 7.05 Å². The van der Waals surface area contributed by atoms with Crippen LogP contribution in [0, 0.1) is 0 Å². The van der Waals surface area contributed by atoms with Gasteiger partial charge in [-0.15, -0.1) is 5.10 Å². The lowest BCUT2D eigenvalue weighted by atomic mass is 10.1. The van der Waals surface area contributed by atoms with Gasteiger partial charge in [0.2, 0.25) is 0 Å². The van der Waals surface area contributed by atoms with E-state index in [1.165, 1.54) is 0 Å².